The highest BCUT2D eigenvalue weighted by Crippen LogP contribution is 2.47. The minimum absolute atomic E-state index is 1.17. The van der Waals surface area contributed by atoms with Gasteiger partial charge in [-0.2, -0.15) is 0 Å². The van der Waals surface area contributed by atoms with Gasteiger partial charge in [-0.15, -0.1) is 0 Å². The molecule has 0 radical (unpaired) electrons. The van der Waals surface area contributed by atoms with Crippen molar-refractivity contribution in [3.05, 3.63) is 194 Å². The van der Waals surface area contributed by atoms with Gasteiger partial charge in [0, 0.05) is 24.8 Å². The lowest BCUT2D eigenvalue weighted by Gasteiger charge is -2.21. The predicted molar refractivity (Wildman–Crippen MR) is 219 cm³/mol. The number of rotatable bonds is 6. The van der Waals surface area contributed by atoms with E-state index in [1.165, 1.54) is 99.4 Å². The van der Waals surface area contributed by atoms with Gasteiger partial charge in [0.2, 0.25) is 0 Å². The monoisotopic (exact) mass is 664 g/mol. The Morgan fingerprint density at radius 3 is 1.25 bits per heavy atom. The van der Waals surface area contributed by atoms with Crippen LogP contribution in [0.25, 0.3) is 88.3 Å². The number of pyridine rings is 2. The Labute approximate surface area is 304 Å². The summed E-state index contributed by atoms with van der Waals surface area (Å²) >= 11 is 0. The molecule has 7 aromatic carbocycles. The van der Waals surface area contributed by atoms with Crippen LogP contribution >= 0.6 is 0 Å². The fraction of sp³-hybridized carbons (Fsp3) is 0.0400. The van der Waals surface area contributed by atoms with Gasteiger partial charge >= 0.3 is 0 Å². The molecule has 0 bridgehead atoms. The molecule has 0 saturated carbocycles. The molecular weight excluding hydrogens is 629 g/mol. The van der Waals surface area contributed by atoms with Crippen LogP contribution in [0.15, 0.2) is 183 Å². The molecule has 2 nitrogen and oxygen atoms in total. The number of nitrogens with zero attached hydrogens (tertiary/aromatic N) is 2. The second kappa shape index (κ2) is 13.2. The third-order valence-electron chi connectivity index (χ3n) is 10.3. The van der Waals surface area contributed by atoms with E-state index in [9.17, 15) is 0 Å². The number of fused-ring (bicyclic) bond motifs is 2. The van der Waals surface area contributed by atoms with E-state index in [-0.39, 0.29) is 0 Å². The molecule has 2 heteroatoms. The van der Waals surface area contributed by atoms with Gasteiger partial charge in [-0.3, -0.25) is 9.97 Å². The molecule has 9 aromatic rings. The molecule has 2 heterocycles. The minimum Gasteiger partial charge on any atom is -0.265 e. The predicted octanol–water partition coefficient (Wildman–Crippen LogP) is 13.4. The average Bonchev–Trinajstić information content (AvgIpc) is 3.21. The summed E-state index contributed by atoms with van der Waals surface area (Å²) in [6.07, 6.45) is 7.44. The zero-order valence-corrected chi connectivity index (χ0v) is 29.2. The second-order valence-corrected chi connectivity index (χ2v) is 13.5. The van der Waals surface area contributed by atoms with Crippen molar-refractivity contribution in [1.82, 2.24) is 9.97 Å². The third kappa shape index (κ3) is 5.65. The van der Waals surface area contributed by atoms with Crippen molar-refractivity contribution in [3.63, 3.8) is 0 Å². The van der Waals surface area contributed by atoms with Gasteiger partial charge in [0.25, 0.3) is 0 Å². The van der Waals surface area contributed by atoms with Gasteiger partial charge in [-0.1, -0.05) is 121 Å². The summed E-state index contributed by atoms with van der Waals surface area (Å²) in [6.45, 7) is 4.48. The summed E-state index contributed by atoms with van der Waals surface area (Å²) in [5, 5.41) is 4.99. The fourth-order valence-electron chi connectivity index (χ4n) is 7.78. The summed E-state index contributed by atoms with van der Waals surface area (Å²) < 4.78 is 0. The van der Waals surface area contributed by atoms with Gasteiger partial charge in [0.05, 0.1) is 0 Å². The Bertz CT molecular complexity index is 2730. The first kappa shape index (κ1) is 31.3. The zero-order chi connectivity index (χ0) is 35.0. The van der Waals surface area contributed by atoms with Crippen molar-refractivity contribution in [2.75, 3.05) is 0 Å². The lowest BCUT2D eigenvalue weighted by atomic mass is 9.82. The van der Waals surface area contributed by atoms with Crippen molar-refractivity contribution in [2.24, 2.45) is 0 Å². The number of hydrogen-bond acceptors (Lipinski definition) is 2. The SMILES string of the molecule is Cc1cc(-c2ccncc2)ccc1-c1c2ccccc2c(-c2ccc(-c3ccncc3)cc2C)c2cc(-c3cccc(-c4ccccc4)c3)ccc12. The minimum atomic E-state index is 1.17. The Hall–Kier alpha value is -6.64. The maximum absolute atomic E-state index is 4.24. The molecular formula is C50H36N2. The van der Waals surface area contributed by atoms with Crippen LogP contribution in [0.4, 0.5) is 0 Å². The Kier molecular flexibility index (Phi) is 7.98. The maximum atomic E-state index is 4.24. The summed E-state index contributed by atoms with van der Waals surface area (Å²) in [5.41, 5.74) is 17.0. The molecule has 0 atom stereocenters. The summed E-state index contributed by atoms with van der Waals surface area (Å²) in [5.74, 6) is 0. The topological polar surface area (TPSA) is 25.8 Å². The standard InChI is InChI=1S/C50H36N2/c1-33-29-40(36-21-25-51-26-22-36)15-18-43(33)49-45-13-6-7-14-46(45)50(44-19-16-41(30-34(44)2)37-23-27-52-28-24-37)48-32-42(17-20-47(48)49)39-12-8-11-38(31-39)35-9-4-3-5-10-35/h3-32H,1-2H3. The van der Waals surface area contributed by atoms with Gasteiger partial charge in [0.1, 0.15) is 0 Å². The van der Waals surface area contributed by atoms with E-state index in [2.05, 4.69) is 182 Å². The third-order valence-corrected chi connectivity index (χ3v) is 10.3. The molecule has 9 rings (SSSR count). The quantitative estimate of drug-likeness (QED) is 0.165. The van der Waals surface area contributed by atoms with E-state index >= 15 is 0 Å². The van der Waals surface area contributed by atoms with Gasteiger partial charge in [-0.05, 0) is 150 Å². The molecule has 0 spiro atoms. The van der Waals surface area contributed by atoms with Crippen LogP contribution in [0.5, 0.6) is 0 Å². The van der Waals surface area contributed by atoms with E-state index < -0.39 is 0 Å². The highest BCUT2D eigenvalue weighted by atomic mass is 14.6. The first-order valence-corrected chi connectivity index (χ1v) is 17.8. The molecule has 246 valence electrons. The van der Waals surface area contributed by atoms with Crippen molar-refractivity contribution in [1.29, 1.82) is 0 Å². The lowest BCUT2D eigenvalue weighted by molar-refractivity contribution is 1.33. The average molecular weight is 665 g/mol. The van der Waals surface area contributed by atoms with Crippen molar-refractivity contribution in [3.8, 4) is 66.8 Å². The Balaban J connectivity index is 1.31. The Morgan fingerprint density at radius 1 is 0.288 bits per heavy atom. The highest BCUT2D eigenvalue weighted by molar-refractivity contribution is 6.22. The van der Waals surface area contributed by atoms with Gasteiger partial charge < -0.3 is 0 Å². The number of aryl methyl sites for hydroxylation is 2. The molecule has 0 aliphatic rings. The van der Waals surface area contributed by atoms with E-state index in [1.807, 2.05) is 24.8 Å². The highest BCUT2D eigenvalue weighted by Gasteiger charge is 2.20. The summed E-state index contributed by atoms with van der Waals surface area (Å²) in [7, 11) is 0. The molecule has 0 aliphatic heterocycles. The van der Waals surface area contributed by atoms with Gasteiger partial charge in [-0.25, -0.2) is 0 Å². The van der Waals surface area contributed by atoms with Crippen LogP contribution in [-0.2, 0) is 0 Å². The van der Waals surface area contributed by atoms with Crippen LogP contribution in [0, 0.1) is 13.8 Å². The smallest absolute Gasteiger partial charge is 0.0273 e. The lowest BCUT2D eigenvalue weighted by Crippen LogP contribution is -1.95. The van der Waals surface area contributed by atoms with Crippen LogP contribution in [-0.4, -0.2) is 9.97 Å². The summed E-state index contributed by atoms with van der Waals surface area (Å²) in [6, 6.07) is 57.6. The Morgan fingerprint density at radius 2 is 0.692 bits per heavy atom. The first-order chi connectivity index (χ1) is 25.6. The number of hydrogen-bond donors (Lipinski definition) is 0. The molecule has 52 heavy (non-hydrogen) atoms. The van der Waals surface area contributed by atoms with Crippen molar-refractivity contribution in [2.45, 2.75) is 13.8 Å². The van der Waals surface area contributed by atoms with E-state index in [0.29, 0.717) is 0 Å². The molecule has 0 amide bonds. The molecule has 0 saturated heterocycles. The largest absolute Gasteiger partial charge is 0.265 e. The molecule has 0 aliphatic carbocycles. The normalized spacial score (nSPS) is 11.3. The van der Waals surface area contributed by atoms with Crippen LogP contribution in [0.1, 0.15) is 11.1 Å². The van der Waals surface area contributed by atoms with Crippen LogP contribution in [0.2, 0.25) is 0 Å². The number of aromatic nitrogens is 2. The molecule has 0 fully saturated rings. The van der Waals surface area contributed by atoms with E-state index in [4.69, 9.17) is 0 Å². The molecule has 0 unspecified atom stereocenters. The van der Waals surface area contributed by atoms with Gasteiger partial charge in [0.15, 0.2) is 0 Å². The summed E-state index contributed by atoms with van der Waals surface area (Å²) in [4.78, 5) is 8.47. The van der Waals surface area contributed by atoms with Crippen molar-refractivity contribution >= 4 is 21.5 Å². The molecule has 2 aromatic heterocycles. The van der Waals surface area contributed by atoms with Crippen LogP contribution in [0.3, 0.4) is 0 Å². The van der Waals surface area contributed by atoms with Crippen LogP contribution < -0.4 is 0 Å². The molecule has 0 N–H and O–H groups in total. The number of benzene rings is 7. The zero-order valence-electron chi connectivity index (χ0n) is 29.2. The van der Waals surface area contributed by atoms with Crippen molar-refractivity contribution < 1.29 is 0 Å². The van der Waals surface area contributed by atoms with E-state index in [1.54, 1.807) is 0 Å². The first-order valence-electron chi connectivity index (χ1n) is 17.8. The maximum Gasteiger partial charge on any atom is 0.0273 e. The van der Waals surface area contributed by atoms with E-state index in [0.717, 1.165) is 0 Å². The second-order valence-electron chi connectivity index (χ2n) is 13.5. The fourth-order valence-corrected chi connectivity index (χ4v) is 7.78.